The van der Waals surface area contributed by atoms with Gasteiger partial charge < -0.3 is 18.6 Å². The largest absolute Gasteiger partial charge is 0.310 e. The minimum absolute atomic E-state index is 1.08. The lowest BCUT2D eigenvalue weighted by Gasteiger charge is -2.28. The maximum atomic E-state index is 2.43. The van der Waals surface area contributed by atoms with Crippen LogP contribution in [0.15, 0.2) is 231 Å². The topological polar surface area (TPSA) is 18.0 Å². The van der Waals surface area contributed by atoms with Gasteiger partial charge in [0.1, 0.15) is 0 Å². The summed E-state index contributed by atoms with van der Waals surface area (Å²) in [7, 11) is 0. The fraction of sp³-hybridized carbons (Fsp3) is 0. The zero-order chi connectivity index (χ0) is 40.7. The van der Waals surface area contributed by atoms with Crippen LogP contribution in [-0.2, 0) is 0 Å². The number of nitrogens with zero attached hydrogens (tertiary/aromatic N) is 4. The van der Waals surface area contributed by atoms with Gasteiger partial charge in [0.2, 0.25) is 0 Å². The third-order valence-corrected chi connectivity index (χ3v) is 12.8. The number of hydrogen-bond donors (Lipinski definition) is 0. The molecule has 0 spiro atoms. The summed E-state index contributed by atoms with van der Waals surface area (Å²) in [4.78, 5) is 2.42. The Labute approximate surface area is 358 Å². The van der Waals surface area contributed by atoms with Crippen LogP contribution < -0.4 is 4.90 Å². The van der Waals surface area contributed by atoms with Crippen molar-refractivity contribution in [3.8, 4) is 17.1 Å². The molecule has 0 amide bonds. The first-order valence-electron chi connectivity index (χ1n) is 21.3. The van der Waals surface area contributed by atoms with Crippen LogP contribution in [0.3, 0.4) is 0 Å². The van der Waals surface area contributed by atoms with E-state index < -0.39 is 0 Å². The van der Waals surface area contributed by atoms with Crippen LogP contribution in [-0.4, -0.2) is 13.7 Å². The number of para-hydroxylation sites is 6. The highest BCUT2D eigenvalue weighted by Crippen LogP contribution is 2.44. The number of rotatable bonds is 6. The fourth-order valence-corrected chi connectivity index (χ4v) is 10.2. The van der Waals surface area contributed by atoms with E-state index in [0.717, 1.165) is 34.1 Å². The van der Waals surface area contributed by atoms with E-state index in [9.17, 15) is 0 Å². The van der Waals surface area contributed by atoms with E-state index in [2.05, 4.69) is 249 Å². The lowest BCUT2D eigenvalue weighted by molar-refractivity contribution is 1.17. The Balaban J connectivity index is 1.01. The summed E-state index contributed by atoms with van der Waals surface area (Å²) in [6, 6.07) is 84.0. The molecule has 0 N–H and O–H groups in total. The van der Waals surface area contributed by atoms with E-state index in [4.69, 9.17) is 0 Å². The van der Waals surface area contributed by atoms with Crippen molar-refractivity contribution in [1.82, 2.24) is 13.7 Å². The number of anilines is 3. The molecule has 13 aromatic rings. The Morgan fingerprint density at radius 3 is 0.871 bits per heavy atom. The number of fused-ring (bicyclic) bond motifs is 10. The molecule has 10 aromatic carbocycles. The molecule has 0 aliphatic carbocycles. The minimum Gasteiger partial charge on any atom is -0.310 e. The van der Waals surface area contributed by atoms with Crippen LogP contribution in [0.1, 0.15) is 0 Å². The summed E-state index contributed by atoms with van der Waals surface area (Å²) in [6.07, 6.45) is 0. The summed E-state index contributed by atoms with van der Waals surface area (Å²) in [6.45, 7) is 0. The second-order valence-electron chi connectivity index (χ2n) is 16.1. The Morgan fingerprint density at radius 1 is 0.226 bits per heavy atom. The molecule has 290 valence electrons. The predicted octanol–water partition coefficient (Wildman–Crippen LogP) is 15.6. The Morgan fingerprint density at radius 2 is 0.516 bits per heavy atom. The second kappa shape index (κ2) is 13.6. The average Bonchev–Trinajstić information content (AvgIpc) is 3.98. The van der Waals surface area contributed by atoms with Crippen molar-refractivity contribution in [2.24, 2.45) is 0 Å². The SMILES string of the molecule is c1ccc2c(-n3c4ccccc4c4ccccc43)ccc(N(c3ccc(-n4c5ccccc5c5ccccc54)cc3)c3ccc(-n4c5ccccc5c5ccccc54)cc3)c2c1. The van der Waals surface area contributed by atoms with Gasteiger partial charge in [-0.25, -0.2) is 0 Å². The van der Waals surface area contributed by atoms with Crippen LogP contribution in [0.2, 0.25) is 0 Å². The first-order valence-corrected chi connectivity index (χ1v) is 21.3. The van der Waals surface area contributed by atoms with Gasteiger partial charge in [0, 0.05) is 65.8 Å². The summed E-state index contributed by atoms with van der Waals surface area (Å²) in [5, 5.41) is 9.89. The standard InChI is InChI=1S/C58H38N4/c1-2-16-50-49(15-1)57(37-38-58(50)62-55-27-13-7-21-47(55)48-22-8-14-28-56(48)62)59(39-29-33-41(34-30-39)60-51-23-9-3-17-43(51)44-18-4-10-24-52(44)60)40-31-35-42(36-32-40)61-53-25-11-5-19-45(53)46-20-6-12-26-54(46)61/h1-38H. The van der Waals surface area contributed by atoms with Gasteiger partial charge in [-0.2, -0.15) is 0 Å². The van der Waals surface area contributed by atoms with Crippen molar-refractivity contribution in [3.05, 3.63) is 231 Å². The van der Waals surface area contributed by atoms with Crippen molar-refractivity contribution < 1.29 is 0 Å². The minimum atomic E-state index is 1.08. The van der Waals surface area contributed by atoms with Crippen LogP contribution in [0.5, 0.6) is 0 Å². The molecule has 0 saturated carbocycles. The molecule has 0 radical (unpaired) electrons. The van der Waals surface area contributed by atoms with E-state index in [1.807, 2.05) is 0 Å². The fourth-order valence-electron chi connectivity index (χ4n) is 10.2. The highest BCUT2D eigenvalue weighted by Gasteiger charge is 2.21. The van der Waals surface area contributed by atoms with Crippen molar-refractivity contribution in [3.63, 3.8) is 0 Å². The molecule has 0 saturated heterocycles. The van der Waals surface area contributed by atoms with E-state index in [1.54, 1.807) is 0 Å². The summed E-state index contributed by atoms with van der Waals surface area (Å²) in [5.74, 6) is 0. The highest BCUT2D eigenvalue weighted by atomic mass is 15.1. The zero-order valence-electron chi connectivity index (χ0n) is 33.7. The van der Waals surface area contributed by atoms with Crippen molar-refractivity contribution in [1.29, 1.82) is 0 Å². The van der Waals surface area contributed by atoms with E-state index >= 15 is 0 Å². The van der Waals surface area contributed by atoms with Gasteiger partial charge in [-0.15, -0.1) is 0 Å². The molecule has 0 unspecified atom stereocenters. The summed E-state index contributed by atoms with van der Waals surface area (Å²) in [5.41, 5.74) is 13.9. The molecule has 4 heteroatoms. The highest BCUT2D eigenvalue weighted by molar-refractivity contribution is 6.13. The first-order chi connectivity index (χ1) is 30.8. The predicted molar refractivity (Wildman–Crippen MR) is 262 cm³/mol. The van der Waals surface area contributed by atoms with Gasteiger partial charge in [0.25, 0.3) is 0 Å². The normalized spacial score (nSPS) is 11.9. The van der Waals surface area contributed by atoms with Gasteiger partial charge >= 0.3 is 0 Å². The van der Waals surface area contributed by atoms with Crippen molar-refractivity contribution >= 4 is 93.3 Å². The van der Waals surface area contributed by atoms with Crippen molar-refractivity contribution in [2.75, 3.05) is 4.90 Å². The molecule has 0 bridgehead atoms. The van der Waals surface area contributed by atoms with Gasteiger partial charge in [0.15, 0.2) is 0 Å². The maximum absolute atomic E-state index is 2.43. The third kappa shape index (κ3) is 5.07. The molecule has 13 rings (SSSR count). The smallest absolute Gasteiger partial charge is 0.0542 e. The Hall–Kier alpha value is -8.34. The van der Waals surface area contributed by atoms with E-state index in [-0.39, 0.29) is 0 Å². The molecule has 3 heterocycles. The average molecular weight is 791 g/mol. The van der Waals surface area contributed by atoms with E-state index in [1.165, 1.54) is 76.2 Å². The monoisotopic (exact) mass is 790 g/mol. The van der Waals surface area contributed by atoms with Crippen LogP contribution in [0.4, 0.5) is 17.1 Å². The Kier molecular flexibility index (Phi) is 7.57. The molecule has 0 atom stereocenters. The quantitative estimate of drug-likeness (QED) is 0.164. The van der Waals surface area contributed by atoms with Gasteiger partial charge in [-0.1, -0.05) is 133 Å². The van der Waals surface area contributed by atoms with Crippen LogP contribution in [0.25, 0.3) is 93.3 Å². The van der Waals surface area contributed by atoms with Crippen molar-refractivity contribution in [2.45, 2.75) is 0 Å². The maximum Gasteiger partial charge on any atom is 0.0542 e. The second-order valence-corrected chi connectivity index (χ2v) is 16.1. The molecule has 0 aliphatic rings. The molecule has 0 aliphatic heterocycles. The Bertz CT molecular complexity index is 3550. The lowest BCUT2D eigenvalue weighted by Crippen LogP contribution is -2.11. The zero-order valence-corrected chi connectivity index (χ0v) is 33.7. The van der Waals surface area contributed by atoms with E-state index in [0.29, 0.717) is 0 Å². The van der Waals surface area contributed by atoms with Crippen LogP contribution >= 0.6 is 0 Å². The van der Waals surface area contributed by atoms with Gasteiger partial charge in [-0.3, -0.25) is 0 Å². The van der Waals surface area contributed by atoms with Crippen LogP contribution in [0, 0.1) is 0 Å². The first kappa shape index (κ1) is 34.5. The van der Waals surface area contributed by atoms with Gasteiger partial charge in [-0.05, 0) is 97.1 Å². The molecular weight excluding hydrogens is 753 g/mol. The molecule has 62 heavy (non-hydrogen) atoms. The van der Waals surface area contributed by atoms with Gasteiger partial charge in [0.05, 0.1) is 44.5 Å². The summed E-state index contributed by atoms with van der Waals surface area (Å²) < 4.78 is 7.20. The number of hydrogen-bond acceptors (Lipinski definition) is 1. The number of aromatic nitrogens is 3. The molecular formula is C58H38N4. The molecule has 0 fully saturated rings. The molecule has 4 nitrogen and oxygen atoms in total. The summed E-state index contributed by atoms with van der Waals surface area (Å²) >= 11 is 0. The number of benzene rings is 10. The lowest BCUT2D eigenvalue weighted by atomic mass is 10.0. The third-order valence-electron chi connectivity index (χ3n) is 12.8. The molecule has 3 aromatic heterocycles.